The number of hydrogen-bond donors (Lipinski definition) is 2. The van der Waals surface area contributed by atoms with Gasteiger partial charge in [0.1, 0.15) is 5.01 Å². The monoisotopic (exact) mass is 526 g/mol. The second kappa shape index (κ2) is 11.8. The molecule has 1 atom stereocenters. The van der Waals surface area contributed by atoms with Gasteiger partial charge in [0.25, 0.3) is 0 Å². The Hall–Kier alpha value is -4.37. The second-order valence-corrected chi connectivity index (χ2v) is 10.1. The van der Waals surface area contributed by atoms with E-state index in [1.165, 1.54) is 22.6 Å². The Morgan fingerprint density at radius 1 is 1.21 bits per heavy atom. The van der Waals surface area contributed by atoms with Crippen LogP contribution in [0, 0.1) is 12.3 Å². The maximum Gasteiger partial charge on any atom is 0.230 e. The zero-order chi connectivity index (χ0) is 27.2. The van der Waals surface area contributed by atoms with E-state index >= 15 is 0 Å². The number of nitrogens with one attached hydrogen (secondary N) is 1. The summed E-state index contributed by atoms with van der Waals surface area (Å²) in [6.45, 7) is 3.91. The number of ketones is 1. The fourth-order valence-electron chi connectivity index (χ4n) is 4.26. The standard InChI is InChI=1S/C29H30N6O2S/c1-19-25(16-32-35(18-36)17-21-8-5-4-6-9-21)27-28(34(19)3)33-29(38-27)24(26(31)12-13-30)15-22-10-7-11-23(14-22)20(2)37/h4-14,16,18,24,30H,15,17,31H2,1-3H3/b26-12?,30-13?,32-16-. The normalized spacial score (nSPS) is 12.7. The summed E-state index contributed by atoms with van der Waals surface area (Å²) in [5.74, 6) is -0.270. The number of carbonyl (C=O) groups excluding carboxylic acids is 2. The molecular formula is C29H30N6O2S. The van der Waals surface area contributed by atoms with Gasteiger partial charge in [0.05, 0.1) is 23.4 Å². The smallest absolute Gasteiger partial charge is 0.230 e. The highest BCUT2D eigenvalue weighted by molar-refractivity contribution is 7.19. The molecule has 194 valence electrons. The average molecular weight is 527 g/mol. The Kier molecular flexibility index (Phi) is 8.28. The lowest BCUT2D eigenvalue weighted by molar-refractivity contribution is -0.118. The van der Waals surface area contributed by atoms with Crippen molar-refractivity contribution in [3.63, 3.8) is 0 Å². The number of carbonyl (C=O) groups is 2. The van der Waals surface area contributed by atoms with Gasteiger partial charge in [0, 0.05) is 35.8 Å². The van der Waals surface area contributed by atoms with Gasteiger partial charge in [-0.15, -0.1) is 11.3 Å². The van der Waals surface area contributed by atoms with Crippen LogP contribution in [0.4, 0.5) is 0 Å². The van der Waals surface area contributed by atoms with Gasteiger partial charge in [-0.05, 0) is 43.5 Å². The molecule has 2 aromatic carbocycles. The van der Waals surface area contributed by atoms with Crippen LogP contribution in [0.25, 0.3) is 10.3 Å². The van der Waals surface area contributed by atoms with Crippen LogP contribution < -0.4 is 5.73 Å². The molecule has 3 N–H and O–H groups in total. The summed E-state index contributed by atoms with van der Waals surface area (Å²) < 4.78 is 2.95. The summed E-state index contributed by atoms with van der Waals surface area (Å²) in [6, 6.07) is 17.2. The lowest BCUT2D eigenvalue weighted by Crippen LogP contribution is -2.15. The number of aromatic nitrogens is 2. The number of nitrogens with two attached hydrogens (primary N) is 1. The molecule has 1 unspecified atom stereocenters. The molecule has 38 heavy (non-hydrogen) atoms. The predicted molar refractivity (Wildman–Crippen MR) is 153 cm³/mol. The van der Waals surface area contributed by atoms with Crippen molar-refractivity contribution in [2.24, 2.45) is 17.9 Å². The van der Waals surface area contributed by atoms with Gasteiger partial charge in [-0.3, -0.25) is 9.59 Å². The third-order valence-corrected chi connectivity index (χ3v) is 7.67. The third-order valence-electron chi connectivity index (χ3n) is 6.47. The summed E-state index contributed by atoms with van der Waals surface area (Å²) in [5, 5.41) is 14.2. The SMILES string of the molecule is CC(=O)c1cccc(CC(C(N)=CC=N)c2nc3c(s2)c(/C=N\N(C=O)Cc2ccccc2)c(C)n3C)c1. The van der Waals surface area contributed by atoms with Gasteiger partial charge in [0.2, 0.25) is 6.41 Å². The summed E-state index contributed by atoms with van der Waals surface area (Å²) in [4.78, 5) is 28.5. The molecule has 0 radical (unpaired) electrons. The highest BCUT2D eigenvalue weighted by atomic mass is 32.1. The lowest BCUT2D eigenvalue weighted by Gasteiger charge is -2.15. The van der Waals surface area contributed by atoms with E-state index in [-0.39, 0.29) is 11.7 Å². The van der Waals surface area contributed by atoms with E-state index in [0.717, 1.165) is 37.7 Å². The molecule has 9 heteroatoms. The van der Waals surface area contributed by atoms with E-state index in [2.05, 4.69) is 5.10 Å². The number of benzene rings is 2. The van der Waals surface area contributed by atoms with Crippen LogP contribution in [0.2, 0.25) is 0 Å². The van der Waals surface area contributed by atoms with E-state index in [9.17, 15) is 9.59 Å². The molecular weight excluding hydrogens is 496 g/mol. The van der Waals surface area contributed by atoms with Crippen molar-refractivity contribution < 1.29 is 9.59 Å². The molecule has 0 aliphatic carbocycles. The van der Waals surface area contributed by atoms with Crippen LogP contribution >= 0.6 is 11.3 Å². The van der Waals surface area contributed by atoms with Crippen molar-refractivity contribution in [2.45, 2.75) is 32.7 Å². The minimum Gasteiger partial charge on any atom is -0.401 e. The minimum atomic E-state index is -0.272. The topological polar surface area (TPSA) is 117 Å². The molecule has 0 saturated heterocycles. The second-order valence-electron chi connectivity index (χ2n) is 9.04. The number of amides is 1. The number of nitrogens with zero attached hydrogens (tertiary/aromatic N) is 4. The van der Waals surface area contributed by atoms with E-state index in [0.29, 0.717) is 30.6 Å². The molecule has 0 bridgehead atoms. The van der Waals surface area contributed by atoms with Crippen molar-refractivity contribution in [2.75, 3.05) is 0 Å². The lowest BCUT2D eigenvalue weighted by atomic mass is 9.95. The Labute approximate surface area is 225 Å². The van der Waals surface area contributed by atoms with Gasteiger partial charge in [-0.25, -0.2) is 9.99 Å². The van der Waals surface area contributed by atoms with Crippen molar-refractivity contribution in [1.29, 1.82) is 5.41 Å². The van der Waals surface area contributed by atoms with Crippen molar-refractivity contribution >= 4 is 46.3 Å². The first kappa shape index (κ1) is 26.7. The van der Waals surface area contributed by atoms with E-state index in [4.69, 9.17) is 16.1 Å². The molecule has 0 saturated carbocycles. The molecule has 4 aromatic rings. The molecule has 0 fully saturated rings. The highest BCUT2D eigenvalue weighted by Crippen LogP contribution is 2.36. The number of aryl methyl sites for hydroxylation is 1. The van der Waals surface area contributed by atoms with E-state index < -0.39 is 0 Å². The zero-order valence-electron chi connectivity index (χ0n) is 21.6. The molecule has 0 spiro atoms. The fraction of sp³-hybridized carbons (Fsp3) is 0.207. The van der Waals surface area contributed by atoms with Crippen LogP contribution in [-0.4, -0.2) is 39.2 Å². The summed E-state index contributed by atoms with van der Waals surface area (Å²) >= 11 is 1.52. The van der Waals surface area contributed by atoms with Crippen LogP contribution in [0.5, 0.6) is 0 Å². The van der Waals surface area contributed by atoms with Gasteiger partial charge >= 0.3 is 0 Å². The average Bonchev–Trinajstić information content (AvgIpc) is 3.44. The minimum absolute atomic E-state index is 0.00225. The molecule has 4 rings (SSSR count). The number of rotatable bonds is 11. The largest absolute Gasteiger partial charge is 0.401 e. The Morgan fingerprint density at radius 3 is 2.63 bits per heavy atom. The summed E-state index contributed by atoms with van der Waals surface area (Å²) in [7, 11) is 1.95. The zero-order valence-corrected chi connectivity index (χ0v) is 22.4. The fourth-order valence-corrected chi connectivity index (χ4v) is 5.54. The molecule has 0 aliphatic heterocycles. The third kappa shape index (κ3) is 5.78. The first-order valence-electron chi connectivity index (χ1n) is 12.1. The maximum atomic E-state index is 11.9. The van der Waals surface area contributed by atoms with Crippen LogP contribution in [0.3, 0.4) is 0 Å². The number of hydrazone groups is 1. The van der Waals surface area contributed by atoms with Gasteiger partial charge in [0.15, 0.2) is 11.4 Å². The Morgan fingerprint density at radius 2 is 1.95 bits per heavy atom. The Balaban J connectivity index is 1.70. The number of hydrogen-bond acceptors (Lipinski definition) is 7. The van der Waals surface area contributed by atoms with Crippen molar-refractivity contribution in [1.82, 2.24) is 14.6 Å². The van der Waals surface area contributed by atoms with Crippen molar-refractivity contribution in [3.8, 4) is 0 Å². The highest BCUT2D eigenvalue weighted by Gasteiger charge is 2.24. The number of allylic oxidation sites excluding steroid dienone is 2. The quantitative estimate of drug-likeness (QED) is 0.124. The molecule has 2 aromatic heterocycles. The molecule has 2 heterocycles. The van der Waals surface area contributed by atoms with Crippen molar-refractivity contribution in [3.05, 3.63) is 99.3 Å². The Bertz CT molecular complexity index is 1530. The van der Waals surface area contributed by atoms with Gasteiger partial charge < -0.3 is 15.7 Å². The molecule has 0 aliphatic rings. The van der Waals surface area contributed by atoms with E-state index in [1.807, 2.05) is 67.1 Å². The number of Topliss-reactive ketones (excluding diaryl/α,β-unsaturated/α-hetero) is 1. The molecule has 1 amide bonds. The van der Waals surface area contributed by atoms with Crippen LogP contribution in [0.15, 0.2) is 71.5 Å². The van der Waals surface area contributed by atoms with Gasteiger partial charge in [-0.1, -0.05) is 48.5 Å². The van der Waals surface area contributed by atoms with Gasteiger partial charge in [-0.2, -0.15) is 5.10 Å². The summed E-state index contributed by atoms with van der Waals surface area (Å²) in [6.07, 6.45) is 5.70. The number of thiazole rings is 1. The first-order chi connectivity index (χ1) is 18.3. The van der Waals surface area contributed by atoms with Crippen LogP contribution in [-0.2, 0) is 24.8 Å². The molecule has 8 nitrogen and oxygen atoms in total. The summed E-state index contributed by atoms with van der Waals surface area (Å²) in [5.41, 5.74) is 12.2. The van der Waals surface area contributed by atoms with E-state index in [1.54, 1.807) is 25.3 Å². The van der Waals surface area contributed by atoms with Crippen LogP contribution in [0.1, 0.15) is 50.6 Å². The maximum absolute atomic E-state index is 11.9. The number of fused-ring (bicyclic) bond motifs is 1. The predicted octanol–water partition coefficient (Wildman–Crippen LogP) is 4.96. The first-order valence-corrected chi connectivity index (χ1v) is 13.0.